The lowest BCUT2D eigenvalue weighted by molar-refractivity contribution is 0.185. The number of likely N-dealkylation sites (N-methyl/N-ethyl adjacent to an activating group) is 1. The molecule has 1 atom stereocenters. The molecule has 1 unspecified atom stereocenters. The van der Waals surface area contributed by atoms with E-state index in [1.54, 1.807) is 13.3 Å². The van der Waals surface area contributed by atoms with Crippen LogP contribution < -0.4 is 0 Å². The Hall–Kier alpha value is -0.390. The van der Waals surface area contributed by atoms with Crippen LogP contribution in [0.1, 0.15) is 0 Å². The van der Waals surface area contributed by atoms with E-state index in [0.717, 1.165) is 26.2 Å². The van der Waals surface area contributed by atoms with Crippen LogP contribution in [0.5, 0.6) is 0 Å². The summed E-state index contributed by atoms with van der Waals surface area (Å²) < 4.78 is 7.00. The summed E-state index contributed by atoms with van der Waals surface area (Å²) in [7, 11) is 3.82. The molecule has 0 N–H and O–H groups in total. The second-order valence-electron chi connectivity index (χ2n) is 3.58. The average molecular weight is 276 g/mol. The van der Waals surface area contributed by atoms with Gasteiger partial charge in [-0.05, 0) is 13.1 Å². The van der Waals surface area contributed by atoms with E-state index in [-0.39, 0.29) is 0 Å². The molecule has 0 aliphatic heterocycles. The van der Waals surface area contributed by atoms with Crippen molar-refractivity contribution >= 4 is 15.9 Å². The molecular weight excluding hydrogens is 258 g/mol. The molecule has 1 aromatic rings. The van der Waals surface area contributed by atoms with Crippen molar-refractivity contribution in [1.82, 2.24) is 14.7 Å². The first-order valence-corrected chi connectivity index (χ1v) is 5.93. The summed E-state index contributed by atoms with van der Waals surface area (Å²) in [6, 6.07) is 1.94. The SMILES string of the molecule is COCC(Br)CN(C)CCn1cccn1. The highest BCUT2D eigenvalue weighted by Gasteiger charge is 2.07. The molecule has 0 bridgehead atoms. The van der Waals surface area contributed by atoms with E-state index in [2.05, 4.69) is 33.0 Å². The third-order valence-electron chi connectivity index (χ3n) is 2.13. The summed E-state index contributed by atoms with van der Waals surface area (Å²) >= 11 is 3.57. The fourth-order valence-electron chi connectivity index (χ4n) is 1.37. The predicted molar refractivity (Wildman–Crippen MR) is 64.3 cm³/mol. The molecule has 1 rings (SSSR count). The zero-order chi connectivity index (χ0) is 11.1. The molecule has 1 heterocycles. The zero-order valence-electron chi connectivity index (χ0n) is 9.27. The molecule has 86 valence electrons. The predicted octanol–water partition coefficient (Wildman–Crippen LogP) is 1.22. The van der Waals surface area contributed by atoms with Gasteiger partial charge in [0, 0.05) is 32.6 Å². The number of alkyl halides is 1. The molecule has 15 heavy (non-hydrogen) atoms. The molecule has 0 aliphatic rings. The number of rotatable bonds is 7. The lowest BCUT2D eigenvalue weighted by Gasteiger charge is -2.19. The quantitative estimate of drug-likeness (QED) is 0.702. The van der Waals surface area contributed by atoms with Gasteiger partial charge in [-0.2, -0.15) is 5.10 Å². The molecule has 4 nitrogen and oxygen atoms in total. The number of aromatic nitrogens is 2. The van der Waals surface area contributed by atoms with Gasteiger partial charge in [0.1, 0.15) is 0 Å². The third-order valence-corrected chi connectivity index (χ3v) is 2.68. The summed E-state index contributed by atoms with van der Waals surface area (Å²) in [6.45, 7) is 3.64. The number of halogens is 1. The van der Waals surface area contributed by atoms with Crippen molar-refractivity contribution in [3.05, 3.63) is 18.5 Å². The van der Waals surface area contributed by atoms with Crippen LogP contribution in [-0.4, -0.2) is 53.4 Å². The second-order valence-corrected chi connectivity index (χ2v) is 4.88. The van der Waals surface area contributed by atoms with Gasteiger partial charge in [0.2, 0.25) is 0 Å². The minimum absolute atomic E-state index is 0.394. The van der Waals surface area contributed by atoms with Crippen LogP contribution in [0, 0.1) is 0 Å². The molecule has 0 aliphatic carbocycles. The molecule has 0 radical (unpaired) electrons. The number of methoxy groups -OCH3 is 1. The summed E-state index contributed by atoms with van der Waals surface area (Å²) in [4.78, 5) is 2.66. The first-order valence-electron chi connectivity index (χ1n) is 5.01. The maximum Gasteiger partial charge on any atom is 0.0600 e. The van der Waals surface area contributed by atoms with Crippen molar-refractivity contribution in [2.45, 2.75) is 11.4 Å². The highest BCUT2D eigenvalue weighted by molar-refractivity contribution is 9.09. The second kappa shape index (κ2) is 6.98. The molecule has 1 aromatic heterocycles. The van der Waals surface area contributed by atoms with Crippen LogP contribution in [-0.2, 0) is 11.3 Å². The van der Waals surface area contributed by atoms with E-state index in [1.807, 2.05) is 16.9 Å². The molecule has 0 aromatic carbocycles. The Kier molecular flexibility index (Phi) is 5.90. The maximum absolute atomic E-state index is 5.06. The molecular formula is C10H18BrN3O. The molecule has 5 heteroatoms. The smallest absolute Gasteiger partial charge is 0.0600 e. The monoisotopic (exact) mass is 275 g/mol. The molecule has 0 fully saturated rings. The summed E-state index contributed by atoms with van der Waals surface area (Å²) in [5.74, 6) is 0. The van der Waals surface area contributed by atoms with Gasteiger partial charge in [0.15, 0.2) is 0 Å². The van der Waals surface area contributed by atoms with Crippen molar-refractivity contribution in [3.63, 3.8) is 0 Å². The van der Waals surface area contributed by atoms with Crippen molar-refractivity contribution in [2.75, 3.05) is 33.9 Å². The van der Waals surface area contributed by atoms with Crippen molar-refractivity contribution in [1.29, 1.82) is 0 Å². The molecule has 0 saturated heterocycles. The van der Waals surface area contributed by atoms with E-state index in [1.165, 1.54) is 0 Å². The summed E-state index contributed by atoms with van der Waals surface area (Å²) in [5, 5.41) is 4.16. The Morgan fingerprint density at radius 2 is 2.40 bits per heavy atom. The van der Waals surface area contributed by atoms with Crippen LogP contribution in [0.2, 0.25) is 0 Å². The van der Waals surface area contributed by atoms with Gasteiger partial charge in [-0.15, -0.1) is 0 Å². The minimum atomic E-state index is 0.394. The Balaban J connectivity index is 2.15. The van der Waals surface area contributed by atoms with Gasteiger partial charge in [0.25, 0.3) is 0 Å². The fraction of sp³-hybridized carbons (Fsp3) is 0.700. The molecule has 0 spiro atoms. The van der Waals surface area contributed by atoms with E-state index in [9.17, 15) is 0 Å². The van der Waals surface area contributed by atoms with Gasteiger partial charge in [-0.1, -0.05) is 15.9 Å². The van der Waals surface area contributed by atoms with Crippen molar-refractivity contribution < 1.29 is 4.74 Å². The van der Waals surface area contributed by atoms with Crippen LogP contribution in [0.15, 0.2) is 18.5 Å². The van der Waals surface area contributed by atoms with Crippen molar-refractivity contribution in [3.8, 4) is 0 Å². The Bertz CT molecular complexity index is 253. The van der Waals surface area contributed by atoms with E-state index < -0.39 is 0 Å². The summed E-state index contributed by atoms with van der Waals surface area (Å²) in [6.07, 6.45) is 3.78. The van der Waals surface area contributed by atoms with Gasteiger partial charge in [-0.3, -0.25) is 4.68 Å². The highest BCUT2D eigenvalue weighted by Crippen LogP contribution is 2.02. The summed E-state index contributed by atoms with van der Waals surface area (Å²) in [5.41, 5.74) is 0. The number of hydrogen-bond acceptors (Lipinski definition) is 3. The van der Waals surface area contributed by atoms with E-state index in [0.29, 0.717) is 4.83 Å². The zero-order valence-corrected chi connectivity index (χ0v) is 10.9. The highest BCUT2D eigenvalue weighted by atomic mass is 79.9. The van der Waals surface area contributed by atoms with E-state index >= 15 is 0 Å². The number of hydrogen-bond donors (Lipinski definition) is 0. The third kappa shape index (κ3) is 5.30. The van der Waals surface area contributed by atoms with Gasteiger partial charge >= 0.3 is 0 Å². The van der Waals surface area contributed by atoms with Crippen LogP contribution in [0.4, 0.5) is 0 Å². The molecule has 0 saturated carbocycles. The lowest BCUT2D eigenvalue weighted by atomic mass is 10.4. The van der Waals surface area contributed by atoms with Gasteiger partial charge < -0.3 is 9.64 Å². The van der Waals surface area contributed by atoms with Crippen LogP contribution in [0.3, 0.4) is 0 Å². The molecule has 0 amide bonds. The Morgan fingerprint density at radius 1 is 1.60 bits per heavy atom. The van der Waals surface area contributed by atoms with E-state index in [4.69, 9.17) is 4.74 Å². The Labute approximate surface area is 99.3 Å². The van der Waals surface area contributed by atoms with Gasteiger partial charge in [-0.25, -0.2) is 0 Å². The number of ether oxygens (including phenoxy) is 1. The number of nitrogens with zero attached hydrogens (tertiary/aromatic N) is 3. The normalized spacial score (nSPS) is 13.3. The average Bonchev–Trinajstić information content (AvgIpc) is 2.67. The maximum atomic E-state index is 5.06. The van der Waals surface area contributed by atoms with Gasteiger partial charge in [0.05, 0.1) is 18.0 Å². The first kappa shape index (κ1) is 12.7. The van der Waals surface area contributed by atoms with Crippen LogP contribution >= 0.6 is 15.9 Å². The Morgan fingerprint density at radius 3 is 3.00 bits per heavy atom. The topological polar surface area (TPSA) is 30.3 Å². The lowest BCUT2D eigenvalue weighted by Crippen LogP contribution is -2.31. The van der Waals surface area contributed by atoms with Crippen LogP contribution in [0.25, 0.3) is 0 Å². The first-order chi connectivity index (χ1) is 7.22. The fourth-order valence-corrected chi connectivity index (χ4v) is 2.13. The largest absolute Gasteiger partial charge is 0.383 e. The standard InChI is InChI=1S/C10H18BrN3O/c1-13(8-10(11)9-15-2)6-7-14-5-3-4-12-14/h3-5,10H,6-9H2,1-2H3. The van der Waals surface area contributed by atoms with Crippen molar-refractivity contribution in [2.24, 2.45) is 0 Å². The minimum Gasteiger partial charge on any atom is -0.383 e.